The first-order valence-electron chi connectivity index (χ1n) is 26.0. The second kappa shape index (κ2) is 18.5. The predicted molar refractivity (Wildman–Crippen MR) is 260 cm³/mol. The number of benzene rings is 3. The summed E-state index contributed by atoms with van der Waals surface area (Å²) < 4.78 is 74.6. The van der Waals surface area contributed by atoms with Crippen LogP contribution in [0.4, 0.5) is 34.6 Å². The van der Waals surface area contributed by atoms with E-state index in [1.807, 2.05) is 39.6 Å². The van der Waals surface area contributed by atoms with E-state index in [4.69, 9.17) is 9.47 Å². The van der Waals surface area contributed by atoms with Crippen LogP contribution in [0.3, 0.4) is 0 Å². The first kappa shape index (κ1) is 48.0. The topological polar surface area (TPSA) is 146 Å². The van der Waals surface area contributed by atoms with Gasteiger partial charge >= 0.3 is 6.18 Å². The average molecular weight is 1010 g/mol. The van der Waals surface area contributed by atoms with Gasteiger partial charge in [-0.15, -0.1) is 10.2 Å². The molecule has 73 heavy (non-hydrogen) atoms. The number of hydrogen-bond donors (Lipinski definition) is 1. The van der Waals surface area contributed by atoms with Crippen LogP contribution in [0, 0.1) is 17.2 Å². The Hall–Kier alpha value is -5.92. The lowest BCUT2D eigenvalue weighted by atomic mass is 9.71. The molecular weight excluding hydrogens is 947 g/mol. The standard InChI is InChI=1S/C54H61F4N9O6/c1-62-32-59-61-46(62)24-53(30-72-31-53)34-3-2-4-35(21-34)66-26-41-40(51(66)71)22-36(23-43(41)54(56,57)58)65-28-52(29-65)15-19-63(20-16-52)25-33-5-7-37(8-6-33)73-38-13-17-64(18-14-38)44-10-9-39-42(48(44)55)27-67(50(39)70)45-11-12-47(68)60-49(45)69/h2-4,9-10,21-23,32-33,37-38,45H,5-8,11-20,24-31H2,1H3,(H,60,68,69). The fraction of sp³-hybridized carbons (Fsp3) is 0.556. The number of nitrogens with one attached hydrogen (secondary N) is 1. The number of carbonyl (C=O) groups excluding carboxylic acids is 4. The van der Waals surface area contributed by atoms with Gasteiger partial charge < -0.3 is 38.5 Å². The zero-order valence-electron chi connectivity index (χ0n) is 41.1. The van der Waals surface area contributed by atoms with Crippen molar-refractivity contribution in [2.45, 2.75) is 114 Å². The Morgan fingerprint density at radius 2 is 1.56 bits per heavy atom. The number of halogens is 4. The third kappa shape index (κ3) is 8.85. The van der Waals surface area contributed by atoms with Crippen LogP contribution in [-0.2, 0) is 57.2 Å². The van der Waals surface area contributed by atoms with Crippen molar-refractivity contribution in [3.8, 4) is 0 Å². The van der Waals surface area contributed by atoms with Crippen LogP contribution in [0.15, 0.2) is 54.9 Å². The number of amides is 4. The van der Waals surface area contributed by atoms with Crippen molar-refractivity contribution in [3.05, 3.63) is 99.9 Å². The molecule has 19 heteroatoms. The summed E-state index contributed by atoms with van der Waals surface area (Å²) in [5.74, 6) is -0.736. The van der Waals surface area contributed by atoms with E-state index in [0.717, 1.165) is 82.4 Å². The fourth-order valence-electron chi connectivity index (χ4n) is 13.2. The molecule has 1 unspecified atom stereocenters. The van der Waals surface area contributed by atoms with Crippen LogP contribution in [0.5, 0.6) is 0 Å². The third-order valence-electron chi connectivity index (χ3n) is 17.6. The molecule has 4 aromatic rings. The van der Waals surface area contributed by atoms with E-state index in [0.29, 0.717) is 74.4 Å². The second-order valence-electron chi connectivity index (χ2n) is 22.2. The summed E-state index contributed by atoms with van der Waals surface area (Å²) in [5, 5.41) is 10.6. The van der Waals surface area contributed by atoms with E-state index in [1.54, 1.807) is 30.6 Å². The highest BCUT2D eigenvalue weighted by Crippen LogP contribution is 2.48. The van der Waals surface area contributed by atoms with Crippen molar-refractivity contribution in [2.24, 2.45) is 18.4 Å². The number of fused-ring (bicyclic) bond motifs is 2. The van der Waals surface area contributed by atoms with E-state index in [9.17, 15) is 32.3 Å². The number of anilines is 3. The van der Waals surface area contributed by atoms with E-state index in [-0.39, 0.29) is 77.5 Å². The molecule has 0 radical (unpaired) electrons. The normalized spacial score (nSPS) is 25.2. The minimum Gasteiger partial charge on any atom is -0.379 e. The highest BCUT2D eigenvalue weighted by atomic mass is 19.4. The summed E-state index contributed by atoms with van der Waals surface area (Å²) in [6.07, 6.45) is 5.98. The number of piperidine rings is 3. The van der Waals surface area contributed by atoms with Crippen molar-refractivity contribution >= 4 is 40.7 Å². The van der Waals surface area contributed by atoms with Crippen molar-refractivity contribution < 1.29 is 46.2 Å². The van der Waals surface area contributed by atoms with E-state index in [2.05, 4.69) is 20.4 Å². The molecule has 0 bridgehead atoms. The summed E-state index contributed by atoms with van der Waals surface area (Å²) in [6.45, 7) is 6.33. The third-order valence-corrected chi connectivity index (χ3v) is 17.6. The summed E-state index contributed by atoms with van der Waals surface area (Å²) in [6, 6.07) is 13.0. The molecule has 1 aromatic heterocycles. The number of ether oxygens (including phenoxy) is 2. The number of hydrogen-bond acceptors (Lipinski definition) is 11. The molecule has 5 saturated heterocycles. The Kier molecular flexibility index (Phi) is 12.2. The van der Waals surface area contributed by atoms with Crippen molar-refractivity contribution in [1.29, 1.82) is 0 Å². The number of aryl methyl sites for hydroxylation is 1. The van der Waals surface area contributed by atoms with Gasteiger partial charge in [0.2, 0.25) is 11.8 Å². The monoisotopic (exact) mass is 1010 g/mol. The van der Waals surface area contributed by atoms with Crippen molar-refractivity contribution in [1.82, 2.24) is 29.9 Å². The molecule has 8 heterocycles. The summed E-state index contributed by atoms with van der Waals surface area (Å²) in [5.41, 5.74) is 2.04. The van der Waals surface area contributed by atoms with Crippen molar-refractivity contribution in [2.75, 3.05) is 73.7 Å². The first-order valence-corrected chi connectivity index (χ1v) is 26.0. The Morgan fingerprint density at radius 3 is 2.25 bits per heavy atom. The zero-order valence-corrected chi connectivity index (χ0v) is 41.1. The quantitative estimate of drug-likeness (QED) is 0.129. The molecule has 1 aliphatic carbocycles. The molecule has 12 rings (SSSR count). The van der Waals surface area contributed by atoms with E-state index >= 15 is 4.39 Å². The van der Waals surface area contributed by atoms with Crippen molar-refractivity contribution in [3.63, 3.8) is 0 Å². The maximum absolute atomic E-state index is 16.0. The Morgan fingerprint density at radius 1 is 0.808 bits per heavy atom. The Labute approximate surface area is 421 Å². The Bertz CT molecular complexity index is 2840. The molecule has 1 atom stereocenters. The van der Waals surface area contributed by atoms with Gasteiger partial charge in [0, 0.05) is 91.5 Å². The number of nitrogens with zero attached hydrogens (tertiary/aromatic N) is 8. The number of aromatic nitrogens is 3. The van der Waals surface area contributed by atoms with Gasteiger partial charge in [0.15, 0.2) is 5.82 Å². The van der Waals surface area contributed by atoms with Gasteiger partial charge in [0.1, 0.15) is 18.2 Å². The molecule has 6 fully saturated rings. The average Bonchev–Trinajstić information content (AvgIpc) is 4.04. The second-order valence-corrected chi connectivity index (χ2v) is 22.2. The fourth-order valence-corrected chi connectivity index (χ4v) is 13.2. The van der Waals surface area contributed by atoms with Crippen LogP contribution in [0.25, 0.3) is 0 Å². The molecule has 386 valence electrons. The van der Waals surface area contributed by atoms with Gasteiger partial charge in [-0.05, 0) is 124 Å². The molecule has 1 saturated carbocycles. The molecule has 15 nitrogen and oxygen atoms in total. The van der Waals surface area contributed by atoms with E-state index < -0.39 is 35.4 Å². The number of imide groups is 1. The number of likely N-dealkylation sites (tertiary alicyclic amines) is 1. The smallest absolute Gasteiger partial charge is 0.379 e. The summed E-state index contributed by atoms with van der Waals surface area (Å²) in [4.78, 5) is 60.9. The lowest BCUT2D eigenvalue weighted by Gasteiger charge is -2.55. The minimum atomic E-state index is -4.62. The van der Waals surface area contributed by atoms with Gasteiger partial charge in [-0.1, -0.05) is 12.1 Å². The maximum Gasteiger partial charge on any atom is 0.416 e. The molecule has 1 N–H and O–H groups in total. The summed E-state index contributed by atoms with van der Waals surface area (Å²) in [7, 11) is 1.88. The largest absolute Gasteiger partial charge is 0.416 e. The van der Waals surface area contributed by atoms with Crippen LogP contribution in [0.2, 0.25) is 0 Å². The number of carbonyl (C=O) groups is 4. The van der Waals surface area contributed by atoms with Crippen LogP contribution >= 0.6 is 0 Å². The van der Waals surface area contributed by atoms with Gasteiger partial charge in [-0.2, -0.15) is 13.2 Å². The van der Waals surface area contributed by atoms with Gasteiger partial charge in [0.25, 0.3) is 11.8 Å². The molecular formula is C54H61F4N9O6. The zero-order chi connectivity index (χ0) is 50.4. The molecule has 8 aliphatic rings. The predicted octanol–water partition coefficient (Wildman–Crippen LogP) is 6.55. The molecule has 7 aliphatic heterocycles. The van der Waals surface area contributed by atoms with Gasteiger partial charge in [0.05, 0.1) is 49.8 Å². The highest BCUT2D eigenvalue weighted by molar-refractivity contribution is 6.11. The van der Waals surface area contributed by atoms with Gasteiger partial charge in [-0.3, -0.25) is 24.5 Å². The Balaban J connectivity index is 0.603. The number of rotatable bonds is 11. The van der Waals surface area contributed by atoms with Gasteiger partial charge in [-0.25, -0.2) is 4.39 Å². The van der Waals surface area contributed by atoms with Crippen LogP contribution in [-0.4, -0.2) is 125 Å². The van der Waals surface area contributed by atoms with Crippen LogP contribution in [0.1, 0.15) is 113 Å². The molecule has 1 spiro atoms. The lowest BCUT2D eigenvalue weighted by Crippen LogP contribution is -2.60. The summed E-state index contributed by atoms with van der Waals surface area (Å²) >= 11 is 0. The van der Waals surface area contributed by atoms with E-state index in [1.165, 1.54) is 15.9 Å². The molecule has 4 amide bonds. The highest BCUT2D eigenvalue weighted by Gasteiger charge is 2.48. The van der Waals surface area contributed by atoms with Crippen LogP contribution < -0.4 is 20.0 Å². The first-order chi connectivity index (χ1) is 35.1. The molecule has 3 aromatic carbocycles. The SMILES string of the molecule is Cn1cnnc1CC1(c2cccc(N3Cc4c(cc(N5CC6(CCN(CC7CCC(OC8CCN(c9ccc%10c(c9F)CN(C9CCC(=O)NC9=O)C%10=O)CC8)CC7)CC6)C5)cc4C(F)(F)F)C3=O)c2)COC1. The number of alkyl halides is 3. The lowest BCUT2D eigenvalue weighted by molar-refractivity contribution is -0.138. The maximum atomic E-state index is 16.0. The minimum absolute atomic E-state index is 0.00192.